The molecule has 1 aliphatic rings. The van der Waals surface area contributed by atoms with Gasteiger partial charge in [0, 0.05) is 19.8 Å². The second-order valence-electron chi connectivity index (χ2n) is 5.61. The van der Waals surface area contributed by atoms with Gasteiger partial charge in [-0.25, -0.2) is 0 Å². The Morgan fingerprint density at radius 1 is 1.16 bits per heavy atom. The summed E-state index contributed by atoms with van der Waals surface area (Å²) in [4.78, 5) is 0. The SMILES string of the molecule is COCCCCNC(C)c1ccc2c(c1)CCCC2. The molecule has 106 valence electrons. The van der Waals surface area contributed by atoms with Crippen molar-refractivity contribution in [3.05, 3.63) is 34.9 Å². The van der Waals surface area contributed by atoms with Crippen molar-refractivity contribution in [1.29, 1.82) is 0 Å². The van der Waals surface area contributed by atoms with Crippen LogP contribution in [0, 0.1) is 0 Å². The smallest absolute Gasteiger partial charge is 0.0462 e. The third-order valence-corrected chi connectivity index (χ3v) is 4.10. The Hall–Kier alpha value is -0.860. The highest BCUT2D eigenvalue weighted by Gasteiger charge is 2.11. The molecule has 1 N–H and O–H groups in total. The van der Waals surface area contributed by atoms with Crippen LogP contribution in [0.3, 0.4) is 0 Å². The van der Waals surface area contributed by atoms with Crippen molar-refractivity contribution in [3.63, 3.8) is 0 Å². The zero-order chi connectivity index (χ0) is 13.5. The molecule has 1 atom stereocenters. The van der Waals surface area contributed by atoms with Crippen LogP contribution in [0.4, 0.5) is 0 Å². The third-order valence-electron chi connectivity index (χ3n) is 4.10. The lowest BCUT2D eigenvalue weighted by Crippen LogP contribution is -2.20. The Balaban J connectivity index is 1.83. The largest absolute Gasteiger partial charge is 0.385 e. The molecule has 0 heterocycles. The summed E-state index contributed by atoms with van der Waals surface area (Å²) >= 11 is 0. The molecule has 1 aromatic carbocycles. The van der Waals surface area contributed by atoms with E-state index in [4.69, 9.17) is 4.74 Å². The van der Waals surface area contributed by atoms with E-state index in [0.717, 1.165) is 19.6 Å². The Morgan fingerprint density at radius 2 is 1.95 bits per heavy atom. The first-order chi connectivity index (χ1) is 9.31. The average Bonchev–Trinajstić information content (AvgIpc) is 2.46. The first kappa shape index (κ1) is 14.5. The average molecular weight is 261 g/mol. The van der Waals surface area contributed by atoms with E-state index in [0.29, 0.717) is 6.04 Å². The monoisotopic (exact) mass is 261 g/mol. The van der Waals surface area contributed by atoms with Crippen LogP contribution in [0.5, 0.6) is 0 Å². The lowest BCUT2D eigenvalue weighted by Gasteiger charge is -2.20. The molecule has 1 unspecified atom stereocenters. The molecule has 0 amide bonds. The molecule has 0 saturated heterocycles. The molecule has 0 spiro atoms. The van der Waals surface area contributed by atoms with Gasteiger partial charge < -0.3 is 10.1 Å². The predicted octanol–water partition coefficient (Wildman–Crippen LogP) is 3.64. The van der Waals surface area contributed by atoms with E-state index in [2.05, 4.69) is 30.4 Å². The van der Waals surface area contributed by atoms with Gasteiger partial charge in [0.25, 0.3) is 0 Å². The number of unbranched alkanes of at least 4 members (excludes halogenated alkanes) is 1. The fourth-order valence-corrected chi connectivity index (χ4v) is 2.83. The molecule has 0 bridgehead atoms. The molecule has 2 rings (SSSR count). The van der Waals surface area contributed by atoms with E-state index in [1.165, 1.54) is 37.7 Å². The number of hydrogen-bond donors (Lipinski definition) is 1. The first-order valence-corrected chi connectivity index (χ1v) is 7.65. The fraction of sp³-hybridized carbons (Fsp3) is 0.647. The van der Waals surface area contributed by atoms with Gasteiger partial charge in [0.15, 0.2) is 0 Å². The highest BCUT2D eigenvalue weighted by Crippen LogP contribution is 2.24. The highest BCUT2D eigenvalue weighted by molar-refractivity contribution is 5.35. The number of fused-ring (bicyclic) bond motifs is 1. The van der Waals surface area contributed by atoms with Crippen LogP contribution in [0.15, 0.2) is 18.2 Å². The minimum absolute atomic E-state index is 0.453. The van der Waals surface area contributed by atoms with Gasteiger partial charge >= 0.3 is 0 Å². The molecule has 0 saturated carbocycles. The van der Waals surface area contributed by atoms with E-state index in [-0.39, 0.29) is 0 Å². The Kier molecular flexibility index (Phi) is 5.87. The number of nitrogens with one attached hydrogen (secondary N) is 1. The van der Waals surface area contributed by atoms with Gasteiger partial charge in [0.2, 0.25) is 0 Å². The number of ether oxygens (including phenoxy) is 1. The van der Waals surface area contributed by atoms with Crippen LogP contribution in [-0.4, -0.2) is 20.3 Å². The maximum Gasteiger partial charge on any atom is 0.0462 e. The minimum Gasteiger partial charge on any atom is -0.385 e. The molecule has 0 aromatic heterocycles. The summed E-state index contributed by atoms with van der Waals surface area (Å²) in [6, 6.07) is 7.51. The summed E-state index contributed by atoms with van der Waals surface area (Å²) in [6.07, 6.45) is 7.58. The molecule has 1 aliphatic carbocycles. The van der Waals surface area contributed by atoms with E-state index in [1.807, 2.05) is 0 Å². The molecular weight excluding hydrogens is 234 g/mol. The third kappa shape index (κ3) is 4.32. The summed E-state index contributed by atoms with van der Waals surface area (Å²) < 4.78 is 5.07. The Bertz CT molecular complexity index is 389. The van der Waals surface area contributed by atoms with Gasteiger partial charge in [-0.15, -0.1) is 0 Å². The molecule has 2 heteroatoms. The van der Waals surface area contributed by atoms with E-state index in [9.17, 15) is 0 Å². The molecule has 19 heavy (non-hydrogen) atoms. The second-order valence-corrected chi connectivity index (χ2v) is 5.61. The van der Waals surface area contributed by atoms with E-state index in [1.54, 1.807) is 18.2 Å². The standard InChI is InChI=1S/C17H27NO/c1-14(18-11-5-6-12-19-2)16-10-9-15-7-3-4-8-17(15)13-16/h9-10,13-14,18H,3-8,11-12H2,1-2H3. The number of rotatable bonds is 7. The number of aryl methyl sites for hydroxylation is 2. The van der Waals surface area contributed by atoms with Gasteiger partial charge in [-0.3, -0.25) is 0 Å². The van der Waals surface area contributed by atoms with Crippen molar-refractivity contribution in [2.75, 3.05) is 20.3 Å². The summed E-state index contributed by atoms with van der Waals surface area (Å²) in [5, 5.41) is 3.61. The molecule has 2 nitrogen and oxygen atoms in total. The van der Waals surface area contributed by atoms with Gasteiger partial charge in [-0.2, -0.15) is 0 Å². The topological polar surface area (TPSA) is 21.3 Å². The number of methoxy groups -OCH3 is 1. The molecule has 0 aliphatic heterocycles. The van der Waals surface area contributed by atoms with Gasteiger partial charge in [-0.05, 0) is 68.7 Å². The van der Waals surface area contributed by atoms with Crippen LogP contribution in [0.2, 0.25) is 0 Å². The fourth-order valence-electron chi connectivity index (χ4n) is 2.83. The van der Waals surface area contributed by atoms with Gasteiger partial charge in [-0.1, -0.05) is 18.2 Å². The lowest BCUT2D eigenvalue weighted by molar-refractivity contribution is 0.192. The van der Waals surface area contributed by atoms with Crippen LogP contribution in [0.25, 0.3) is 0 Å². The zero-order valence-corrected chi connectivity index (χ0v) is 12.4. The van der Waals surface area contributed by atoms with E-state index >= 15 is 0 Å². The van der Waals surface area contributed by atoms with Crippen LogP contribution in [0.1, 0.15) is 55.3 Å². The van der Waals surface area contributed by atoms with Crippen LogP contribution < -0.4 is 5.32 Å². The van der Waals surface area contributed by atoms with Crippen LogP contribution >= 0.6 is 0 Å². The van der Waals surface area contributed by atoms with Crippen LogP contribution in [-0.2, 0) is 17.6 Å². The number of hydrogen-bond acceptors (Lipinski definition) is 2. The van der Waals surface area contributed by atoms with Crippen molar-refractivity contribution >= 4 is 0 Å². The van der Waals surface area contributed by atoms with Crippen molar-refractivity contribution in [1.82, 2.24) is 5.32 Å². The van der Waals surface area contributed by atoms with Gasteiger partial charge in [0.1, 0.15) is 0 Å². The molecular formula is C17H27NO. The summed E-state index contributed by atoms with van der Waals surface area (Å²) in [7, 11) is 1.77. The van der Waals surface area contributed by atoms with Gasteiger partial charge in [0.05, 0.1) is 0 Å². The van der Waals surface area contributed by atoms with Crippen molar-refractivity contribution in [3.8, 4) is 0 Å². The summed E-state index contributed by atoms with van der Waals surface area (Å²) in [6.45, 7) is 4.21. The Labute approximate surface area is 117 Å². The minimum atomic E-state index is 0.453. The van der Waals surface area contributed by atoms with Crippen molar-refractivity contribution in [2.45, 2.75) is 51.5 Å². The lowest BCUT2D eigenvalue weighted by atomic mass is 9.89. The maximum absolute atomic E-state index is 5.07. The summed E-state index contributed by atoms with van der Waals surface area (Å²) in [5.74, 6) is 0. The maximum atomic E-state index is 5.07. The normalized spacial score (nSPS) is 16.1. The second kappa shape index (κ2) is 7.66. The first-order valence-electron chi connectivity index (χ1n) is 7.65. The molecule has 1 aromatic rings. The summed E-state index contributed by atoms with van der Waals surface area (Å²) in [5.41, 5.74) is 4.59. The van der Waals surface area contributed by atoms with Crippen molar-refractivity contribution in [2.24, 2.45) is 0 Å². The Morgan fingerprint density at radius 3 is 2.74 bits per heavy atom. The zero-order valence-electron chi connectivity index (χ0n) is 12.4. The predicted molar refractivity (Wildman–Crippen MR) is 80.6 cm³/mol. The van der Waals surface area contributed by atoms with E-state index < -0.39 is 0 Å². The molecule has 0 fully saturated rings. The molecule has 0 radical (unpaired) electrons. The quantitative estimate of drug-likeness (QED) is 0.757. The van der Waals surface area contributed by atoms with Crippen molar-refractivity contribution < 1.29 is 4.74 Å². The number of benzene rings is 1. The highest BCUT2D eigenvalue weighted by atomic mass is 16.5.